The van der Waals surface area contributed by atoms with Crippen LogP contribution in [0.3, 0.4) is 0 Å². The Labute approximate surface area is 228 Å². The second-order valence-corrected chi connectivity index (χ2v) is 9.90. The molecule has 0 rings (SSSR count). The maximum absolute atomic E-state index is 12.4. The van der Waals surface area contributed by atoms with Crippen LogP contribution in [0.4, 0.5) is 0 Å². The van der Waals surface area contributed by atoms with Gasteiger partial charge >= 0.3 is 11.9 Å². The first-order chi connectivity index (χ1) is 18.1. The molecule has 0 fully saturated rings. The minimum absolute atomic E-state index is 0.101. The van der Waals surface area contributed by atoms with Crippen LogP contribution in [0.25, 0.3) is 0 Å². The van der Waals surface area contributed by atoms with Gasteiger partial charge in [0.25, 0.3) is 0 Å². The number of unbranched alkanes of at least 4 members (excludes halogenated alkanes) is 11. The first-order valence-corrected chi connectivity index (χ1v) is 15.1. The highest BCUT2D eigenvalue weighted by Crippen LogP contribution is 2.14. The fourth-order valence-corrected chi connectivity index (χ4v) is 4.05. The molecule has 37 heavy (non-hydrogen) atoms. The van der Waals surface area contributed by atoms with Crippen molar-refractivity contribution in [3.63, 3.8) is 0 Å². The Balaban J connectivity index is 4.19. The zero-order valence-corrected chi connectivity index (χ0v) is 24.0. The van der Waals surface area contributed by atoms with Crippen LogP contribution >= 0.6 is 0 Å². The van der Waals surface area contributed by atoms with Crippen LogP contribution in [0.15, 0.2) is 48.6 Å². The van der Waals surface area contributed by atoms with Gasteiger partial charge in [0.2, 0.25) is 0 Å². The van der Waals surface area contributed by atoms with Gasteiger partial charge in [0, 0.05) is 12.8 Å². The van der Waals surface area contributed by atoms with Crippen molar-refractivity contribution in [1.29, 1.82) is 0 Å². The highest BCUT2D eigenvalue weighted by molar-refractivity contribution is 5.69. The quantitative estimate of drug-likeness (QED) is 0.0705. The summed E-state index contributed by atoms with van der Waals surface area (Å²) in [6.45, 7) is 4.37. The SMILES string of the molecule is CC/C=C\C/C=C\C/C=C\C(CCCCCCC(=O)O)OC(=O)CCCCCCC/C=C\CCCCC. The van der Waals surface area contributed by atoms with Crippen LogP contribution in [0.5, 0.6) is 0 Å². The molecule has 1 N–H and O–H groups in total. The molecule has 1 unspecified atom stereocenters. The van der Waals surface area contributed by atoms with Crippen molar-refractivity contribution < 1.29 is 19.4 Å². The van der Waals surface area contributed by atoms with Crippen LogP contribution in [-0.2, 0) is 14.3 Å². The molecule has 0 spiro atoms. The lowest BCUT2D eigenvalue weighted by atomic mass is 10.1. The van der Waals surface area contributed by atoms with Gasteiger partial charge < -0.3 is 9.84 Å². The molecule has 0 aliphatic carbocycles. The highest BCUT2D eigenvalue weighted by atomic mass is 16.5. The molecule has 0 saturated carbocycles. The van der Waals surface area contributed by atoms with Crippen LogP contribution in [0.2, 0.25) is 0 Å². The molecular weight excluding hydrogens is 460 g/mol. The standard InChI is InChI=1S/C33H56O4/c1-3-5-7-9-11-13-14-15-16-18-20-26-30-33(36)37-31(28-24-21-22-25-29-32(34)35)27-23-19-17-12-10-8-6-4-2/h6,8,11-13,17,23,27,31H,3-5,7,9-10,14-16,18-22,24-26,28-30H2,1-2H3,(H,34,35)/b8-6-,13-11-,17-12-,27-23-. The number of esters is 1. The van der Waals surface area contributed by atoms with Crippen LogP contribution in [0, 0.1) is 0 Å². The largest absolute Gasteiger partial charge is 0.481 e. The van der Waals surface area contributed by atoms with E-state index in [1.54, 1.807) is 0 Å². The Morgan fingerprint density at radius 1 is 0.649 bits per heavy atom. The Hall–Kier alpha value is -2.10. The third-order valence-electron chi connectivity index (χ3n) is 6.27. The average Bonchev–Trinajstić information content (AvgIpc) is 2.87. The van der Waals surface area contributed by atoms with E-state index >= 15 is 0 Å². The van der Waals surface area contributed by atoms with E-state index in [4.69, 9.17) is 9.84 Å². The molecule has 0 aliphatic rings. The number of allylic oxidation sites excluding steroid dienone is 7. The number of rotatable bonds is 26. The Bertz CT molecular complexity index is 645. The fraction of sp³-hybridized carbons (Fsp3) is 0.697. The Morgan fingerprint density at radius 3 is 1.89 bits per heavy atom. The van der Waals surface area contributed by atoms with E-state index in [1.807, 2.05) is 6.08 Å². The topological polar surface area (TPSA) is 63.6 Å². The highest BCUT2D eigenvalue weighted by Gasteiger charge is 2.11. The summed E-state index contributed by atoms with van der Waals surface area (Å²) in [6, 6.07) is 0. The summed E-state index contributed by atoms with van der Waals surface area (Å²) >= 11 is 0. The molecule has 0 aliphatic heterocycles. The number of ether oxygens (including phenoxy) is 1. The predicted octanol–water partition coefficient (Wildman–Crippen LogP) is 10.0. The van der Waals surface area contributed by atoms with E-state index in [1.165, 1.54) is 51.4 Å². The average molecular weight is 517 g/mol. The van der Waals surface area contributed by atoms with Gasteiger partial charge in [-0.1, -0.05) is 101 Å². The Kier molecular flexibility index (Phi) is 26.9. The maximum Gasteiger partial charge on any atom is 0.306 e. The van der Waals surface area contributed by atoms with Gasteiger partial charge in [0.1, 0.15) is 6.10 Å². The van der Waals surface area contributed by atoms with Gasteiger partial charge in [-0.2, -0.15) is 0 Å². The lowest BCUT2D eigenvalue weighted by molar-refractivity contribution is -0.147. The molecule has 4 heteroatoms. The van der Waals surface area contributed by atoms with E-state index in [2.05, 4.69) is 56.4 Å². The predicted molar refractivity (Wildman–Crippen MR) is 158 cm³/mol. The van der Waals surface area contributed by atoms with Crippen molar-refractivity contribution in [1.82, 2.24) is 0 Å². The molecule has 212 valence electrons. The summed E-state index contributed by atoms with van der Waals surface area (Å²) < 4.78 is 5.79. The fourth-order valence-electron chi connectivity index (χ4n) is 4.05. The molecule has 0 amide bonds. The normalized spacial score (nSPS) is 12.9. The Morgan fingerprint density at radius 2 is 1.22 bits per heavy atom. The monoisotopic (exact) mass is 516 g/mol. The first kappa shape index (κ1) is 34.9. The molecular formula is C33H56O4. The number of aliphatic carboxylic acids is 1. The number of carboxylic acid groups (broad SMARTS) is 1. The van der Waals surface area contributed by atoms with E-state index in [0.29, 0.717) is 12.8 Å². The minimum atomic E-state index is -0.734. The summed E-state index contributed by atoms with van der Waals surface area (Å²) in [6.07, 6.45) is 37.0. The third kappa shape index (κ3) is 28.3. The van der Waals surface area contributed by atoms with Gasteiger partial charge in [-0.15, -0.1) is 0 Å². The summed E-state index contributed by atoms with van der Waals surface area (Å²) in [7, 11) is 0. The molecule has 0 aromatic heterocycles. The van der Waals surface area contributed by atoms with Crippen molar-refractivity contribution in [3.05, 3.63) is 48.6 Å². The second-order valence-electron chi connectivity index (χ2n) is 9.90. The zero-order valence-electron chi connectivity index (χ0n) is 24.0. The smallest absolute Gasteiger partial charge is 0.306 e. The lowest BCUT2D eigenvalue weighted by Crippen LogP contribution is -2.16. The minimum Gasteiger partial charge on any atom is -0.481 e. The van der Waals surface area contributed by atoms with Crippen LogP contribution in [-0.4, -0.2) is 23.1 Å². The zero-order chi connectivity index (χ0) is 27.2. The number of carbonyl (C=O) groups excluding carboxylic acids is 1. The molecule has 0 radical (unpaired) electrons. The number of carboxylic acids is 1. The van der Waals surface area contributed by atoms with Crippen molar-refractivity contribution >= 4 is 11.9 Å². The molecule has 0 bridgehead atoms. The van der Waals surface area contributed by atoms with Crippen LogP contribution in [0.1, 0.15) is 142 Å². The van der Waals surface area contributed by atoms with Crippen molar-refractivity contribution in [2.45, 2.75) is 148 Å². The van der Waals surface area contributed by atoms with Gasteiger partial charge in [0.05, 0.1) is 0 Å². The number of hydrogen-bond donors (Lipinski definition) is 1. The van der Waals surface area contributed by atoms with Crippen molar-refractivity contribution in [3.8, 4) is 0 Å². The van der Waals surface area contributed by atoms with E-state index in [-0.39, 0.29) is 18.5 Å². The van der Waals surface area contributed by atoms with Crippen molar-refractivity contribution in [2.75, 3.05) is 0 Å². The summed E-state index contributed by atoms with van der Waals surface area (Å²) in [4.78, 5) is 23.1. The summed E-state index contributed by atoms with van der Waals surface area (Å²) in [5.74, 6) is -0.835. The van der Waals surface area contributed by atoms with Gasteiger partial charge in [0.15, 0.2) is 0 Å². The molecule has 0 heterocycles. The molecule has 0 saturated heterocycles. The maximum atomic E-state index is 12.4. The molecule has 0 aromatic rings. The molecule has 1 atom stereocenters. The second kappa shape index (κ2) is 28.5. The van der Waals surface area contributed by atoms with E-state index < -0.39 is 5.97 Å². The third-order valence-corrected chi connectivity index (χ3v) is 6.27. The lowest BCUT2D eigenvalue weighted by Gasteiger charge is -2.14. The van der Waals surface area contributed by atoms with Gasteiger partial charge in [-0.25, -0.2) is 0 Å². The summed E-state index contributed by atoms with van der Waals surface area (Å²) in [5.41, 5.74) is 0. The number of carbonyl (C=O) groups is 2. The van der Waals surface area contributed by atoms with E-state index in [9.17, 15) is 9.59 Å². The van der Waals surface area contributed by atoms with Crippen molar-refractivity contribution in [2.24, 2.45) is 0 Å². The van der Waals surface area contributed by atoms with Gasteiger partial charge in [-0.3, -0.25) is 9.59 Å². The summed E-state index contributed by atoms with van der Waals surface area (Å²) in [5, 5.41) is 8.77. The molecule has 4 nitrogen and oxygen atoms in total. The van der Waals surface area contributed by atoms with Gasteiger partial charge in [-0.05, 0) is 76.7 Å². The number of hydrogen-bond acceptors (Lipinski definition) is 3. The van der Waals surface area contributed by atoms with E-state index in [0.717, 1.165) is 57.8 Å². The van der Waals surface area contributed by atoms with Crippen LogP contribution < -0.4 is 0 Å². The first-order valence-electron chi connectivity index (χ1n) is 15.1. The molecule has 0 aromatic carbocycles.